The molecule has 0 unspecified atom stereocenters. The lowest BCUT2D eigenvalue weighted by Crippen LogP contribution is -1.96. The summed E-state index contributed by atoms with van der Waals surface area (Å²) in [5.74, 6) is 0. The van der Waals surface area contributed by atoms with Gasteiger partial charge in [-0.25, -0.2) is 0 Å². The van der Waals surface area contributed by atoms with Gasteiger partial charge >= 0.3 is 0 Å². The molecule has 0 nitrogen and oxygen atoms in total. The van der Waals surface area contributed by atoms with Crippen molar-refractivity contribution in [2.45, 2.75) is 6.92 Å². The van der Waals surface area contributed by atoms with Crippen LogP contribution in [0.5, 0.6) is 0 Å². The Morgan fingerprint density at radius 3 is 1.28 bits per heavy atom. The smallest absolute Gasteiger partial charge is 0.000696 e. The van der Waals surface area contributed by atoms with Gasteiger partial charge in [0.05, 0.1) is 0 Å². The molecule has 0 fully saturated rings. The zero-order chi connectivity index (χ0) is 48.8. The van der Waals surface area contributed by atoms with E-state index in [0.717, 1.165) is 0 Å². The van der Waals surface area contributed by atoms with Crippen LogP contribution in [0.4, 0.5) is 0 Å². The van der Waals surface area contributed by atoms with E-state index in [2.05, 4.69) is 244 Å². The van der Waals surface area contributed by atoms with E-state index < -0.39 is 0 Å². The highest BCUT2D eigenvalue weighted by Gasteiger charge is 2.34. The van der Waals surface area contributed by atoms with Crippen LogP contribution in [0.25, 0.3) is 185 Å². The summed E-state index contributed by atoms with van der Waals surface area (Å²) in [7, 11) is 0. The first-order valence-corrected chi connectivity index (χ1v) is 26.4. The molecule has 0 heterocycles. The third-order valence-corrected chi connectivity index (χ3v) is 17.7. The van der Waals surface area contributed by atoms with Crippen molar-refractivity contribution in [3.63, 3.8) is 0 Å². The van der Waals surface area contributed by atoms with E-state index in [1.807, 2.05) is 0 Å². The quantitative estimate of drug-likeness (QED) is 0.122. The Hall–Kier alpha value is -9.62. The molecule has 1 aliphatic carbocycles. The summed E-state index contributed by atoms with van der Waals surface area (Å²) in [4.78, 5) is 0. The second kappa shape index (κ2) is 14.3. The molecule has 0 amide bonds. The zero-order valence-corrected chi connectivity index (χ0v) is 41.0. The molecule has 75 heavy (non-hydrogen) atoms. The highest BCUT2D eigenvalue weighted by Crippen LogP contribution is 2.62. The number of hydrogen-bond acceptors (Lipinski definition) is 0. The van der Waals surface area contributed by atoms with Crippen LogP contribution >= 0.6 is 0 Å². The lowest BCUT2D eigenvalue weighted by molar-refractivity contribution is 1.46. The SMILES string of the molecule is Cc1ccccc1-c1ccccc1-c1c2c(c(-c3ccccc3)c3cc4ccccc4cc13)-c1ccc3c4ccc5c6c(-c7ccccc7)c7cccc8c9ccccc9c(c78)c6c6ccc(c7ccc-2c1c37)c4c56. The van der Waals surface area contributed by atoms with Gasteiger partial charge < -0.3 is 0 Å². The first kappa shape index (κ1) is 39.9. The Morgan fingerprint density at radius 1 is 0.187 bits per heavy atom. The summed E-state index contributed by atoms with van der Waals surface area (Å²) in [6.45, 7) is 2.25. The maximum atomic E-state index is 2.49. The molecule has 0 heteroatoms. The van der Waals surface area contributed by atoms with Crippen molar-refractivity contribution < 1.29 is 0 Å². The molecule has 0 N–H and O–H groups in total. The molecular weight excluding hydrogens is 901 g/mol. The molecule has 342 valence electrons. The van der Waals surface area contributed by atoms with Crippen molar-refractivity contribution in [2.75, 3.05) is 0 Å². The van der Waals surface area contributed by atoms with E-state index in [1.54, 1.807) is 0 Å². The van der Waals surface area contributed by atoms with Gasteiger partial charge in [-0.2, -0.15) is 0 Å². The van der Waals surface area contributed by atoms with Crippen LogP contribution in [0.3, 0.4) is 0 Å². The molecular formula is C75H42. The number of aryl methyl sites for hydroxylation is 1. The van der Waals surface area contributed by atoms with Crippen LogP contribution in [0, 0.1) is 6.92 Å². The minimum absolute atomic E-state index is 1.24. The van der Waals surface area contributed by atoms with Crippen LogP contribution in [-0.4, -0.2) is 0 Å². The Morgan fingerprint density at radius 2 is 0.600 bits per heavy atom. The van der Waals surface area contributed by atoms with E-state index in [9.17, 15) is 0 Å². The minimum Gasteiger partial charge on any atom is -0.0622 e. The fourth-order valence-corrected chi connectivity index (χ4v) is 14.8. The van der Waals surface area contributed by atoms with Crippen molar-refractivity contribution in [3.8, 4) is 66.8 Å². The highest BCUT2D eigenvalue weighted by molar-refractivity contribution is 6.51. The molecule has 0 saturated carbocycles. The summed E-state index contributed by atoms with van der Waals surface area (Å²) >= 11 is 0. The third-order valence-electron chi connectivity index (χ3n) is 17.7. The van der Waals surface area contributed by atoms with Crippen LogP contribution in [-0.2, 0) is 0 Å². The van der Waals surface area contributed by atoms with Crippen molar-refractivity contribution >= 4 is 118 Å². The van der Waals surface area contributed by atoms with Gasteiger partial charge in [-0.1, -0.05) is 224 Å². The summed E-state index contributed by atoms with van der Waals surface area (Å²) in [5, 5.41) is 29.2. The van der Waals surface area contributed by atoms with E-state index in [0.29, 0.717) is 0 Å². The molecule has 0 bridgehead atoms. The topological polar surface area (TPSA) is 0 Å². The molecule has 18 rings (SSSR count). The molecule has 0 aromatic heterocycles. The second-order valence-corrected chi connectivity index (χ2v) is 21.3. The summed E-state index contributed by atoms with van der Waals surface area (Å²) < 4.78 is 0. The van der Waals surface area contributed by atoms with Gasteiger partial charge in [-0.15, -0.1) is 0 Å². The molecule has 17 aromatic rings. The van der Waals surface area contributed by atoms with Gasteiger partial charge in [-0.05, 0) is 210 Å². The van der Waals surface area contributed by atoms with Gasteiger partial charge in [-0.3, -0.25) is 0 Å². The van der Waals surface area contributed by atoms with E-state index >= 15 is 0 Å². The van der Waals surface area contributed by atoms with Gasteiger partial charge in [0, 0.05) is 0 Å². The van der Waals surface area contributed by atoms with Gasteiger partial charge in [0.2, 0.25) is 0 Å². The van der Waals surface area contributed by atoms with E-state index in [1.165, 1.54) is 191 Å². The van der Waals surface area contributed by atoms with Crippen molar-refractivity contribution in [1.82, 2.24) is 0 Å². The highest BCUT2D eigenvalue weighted by atomic mass is 14.4. The zero-order valence-electron chi connectivity index (χ0n) is 41.0. The number of hydrogen-bond donors (Lipinski definition) is 0. The predicted molar refractivity (Wildman–Crippen MR) is 323 cm³/mol. The molecule has 0 aliphatic heterocycles. The fraction of sp³-hybridized carbons (Fsp3) is 0.0133. The molecule has 17 aromatic carbocycles. The molecule has 0 atom stereocenters. The van der Waals surface area contributed by atoms with Crippen molar-refractivity contribution in [1.29, 1.82) is 0 Å². The van der Waals surface area contributed by atoms with Crippen LogP contribution < -0.4 is 0 Å². The average molecular weight is 943 g/mol. The van der Waals surface area contributed by atoms with Crippen LogP contribution in [0.1, 0.15) is 5.56 Å². The van der Waals surface area contributed by atoms with Crippen molar-refractivity contribution in [3.05, 3.63) is 242 Å². The monoisotopic (exact) mass is 942 g/mol. The summed E-state index contributed by atoms with van der Waals surface area (Å²) in [5.41, 5.74) is 16.7. The number of fused-ring (bicyclic) bond motifs is 14. The first-order chi connectivity index (χ1) is 37.2. The maximum absolute atomic E-state index is 2.49. The van der Waals surface area contributed by atoms with Crippen LogP contribution in [0.15, 0.2) is 237 Å². The minimum atomic E-state index is 1.24. The Kier molecular flexibility index (Phi) is 7.62. The largest absolute Gasteiger partial charge is 0.0622 e. The average Bonchev–Trinajstić information content (AvgIpc) is 4.23. The predicted octanol–water partition coefficient (Wildman–Crippen LogP) is 21.3. The molecule has 0 spiro atoms. The Bertz CT molecular complexity index is 5310. The molecule has 1 aliphatic rings. The second-order valence-electron chi connectivity index (χ2n) is 21.3. The van der Waals surface area contributed by atoms with E-state index in [4.69, 9.17) is 0 Å². The lowest BCUT2D eigenvalue weighted by Gasteiger charge is -2.23. The maximum Gasteiger partial charge on any atom is -0.000696 e. The Balaban J connectivity index is 1.01. The first-order valence-electron chi connectivity index (χ1n) is 26.4. The van der Waals surface area contributed by atoms with Crippen molar-refractivity contribution in [2.24, 2.45) is 0 Å². The van der Waals surface area contributed by atoms with Gasteiger partial charge in [0.25, 0.3) is 0 Å². The van der Waals surface area contributed by atoms with Gasteiger partial charge in [0.1, 0.15) is 0 Å². The van der Waals surface area contributed by atoms with E-state index in [-0.39, 0.29) is 0 Å². The third kappa shape index (κ3) is 4.98. The fourth-order valence-electron chi connectivity index (χ4n) is 14.8. The number of benzene rings is 15. The standard InChI is InChI=1S/C75H42/c1-41-17-8-11-24-46(41)47-25-12-14-27-49(47)68-62-40-45-23-10-9-22-44(45)39-61(62)64(43-20-6-3-7-21-43)73-58-36-32-52-53-31-35-57-70-60(38-34-55(66(53)70)54-33-37-59(74(68)73)69(58)65(52)54)75-71-51-28-15-13-26-48(51)50-29-16-30-56(67(50)71)63(72(57)75)42-18-4-2-5-19-42/h2-40H,1H3. The van der Waals surface area contributed by atoms with Crippen LogP contribution in [0.2, 0.25) is 0 Å². The summed E-state index contributed by atoms with van der Waals surface area (Å²) in [6.07, 6.45) is 0. The number of rotatable bonds is 4. The van der Waals surface area contributed by atoms with Gasteiger partial charge in [0.15, 0.2) is 0 Å². The summed E-state index contributed by atoms with van der Waals surface area (Å²) in [6, 6.07) is 90.1. The lowest BCUT2D eigenvalue weighted by atomic mass is 9.80. The molecule has 0 radical (unpaired) electrons. The molecule has 0 saturated heterocycles. The Labute approximate surface area is 432 Å². The normalized spacial score (nSPS) is 12.6.